The number of anilines is 1. The van der Waals surface area contributed by atoms with E-state index < -0.39 is 5.92 Å². The Hall–Kier alpha value is -3.94. The van der Waals surface area contributed by atoms with Crippen molar-refractivity contribution in [1.29, 1.82) is 5.26 Å². The molecule has 3 aromatic rings. The number of aromatic nitrogens is 2. The molecule has 1 aliphatic carbocycles. The zero-order valence-electron chi connectivity index (χ0n) is 22.7. The molecule has 0 amide bonds. The number of aryl methyl sites for hydroxylation is 1. The van der Waals surface area contributed by atoms with Gasteiger partial charge < -0.3 is 10.5 Å². The van der Waals surface area contributed by atoms with Gasteiger partial charge in [-0.25, -0.2) is 0 Å². The van der Waals surface area contributed by atoms with Crippen LogP contribution in [-0.2, 0) is 4.79 Å². The van der Waals surface area contributed by atoms with E-state index in [2.05, 4.69) is 30.1 Å². The summed E-state index contributed by atoms with van der Waals surface area (Å²) in [4.78, 5) is 28.1. The molecule has 0 bridgehead atoms. The van der Waals surface area contributed by atoms with Crippen LogP contribution in [0.2, 0.25) is 0 Å². The number of benzene rings is 2. The molecule has 40 heavy (non-hydrogen) atoms. The first-order chi connectivity index (χ1) is 19.1. The molecule has 2 aromatic carbocycles. The third kappa shape index (κ3) is 5.27. The van der Waals surface area contributed by atoms with Gasteiger partial charge in [-0.05, 0) is 48.6 Å². The molecule has 1 aromatic heterocycles. The summed E-state index contributed by atoms with van der Waals surface area (Å²) in [6.07, 6.45) is 0.971. The fourth-order valence-electron chi connectivity index (χ4n) is 5.25. The summed E-state index contributed by atoms with van der Waals surface area (Å²) >= 11 is 2.57. The minimum atomic E-state index is -0.538. The van der Waals surface area contributed by atoms with Crippen LogP contribution in [0.4, 0.5) is 5.13 Å². The van der Waals surface area contributed by atoms with Crippen molar-refractivity contribution in [1.82, 2.24) is 10.2 Å². The first-order valence-corrected chi connectivity index (χ1v) is 14.6. The third-order valence-corrected chi connectivity index (χ3v) is 9.12. The van der Waals surface area contributed by atoms with E-state index in [0.717, 1.165) is 16.8 Å². The van der Waals surface area contributed by atoms with Gasteiger partial charge in [0.2, 0.25) is 5.13 Å². The molecule has 0 saturated heterocycles. The Bertz CT molecular complexity index is 1600. The second kappa shape index (κ2) is 10.9. The number of ketones is 2. The Labute approximate surface area is 241 Å². The highest BCUT2D eigenvalue weighted by Crippen LogP contribution is 2.50. The number of nitrogens with zero attached hydrogens (tertiary/aromatic N) is 4. The Kier molecular flexibility index (Phi) is 7.53. The SMILES string of the molecule is COc1ccc(C(=O)CSc2nnc(N3C(N)=C(C#N)C(c4cccc(C)c4)C4=C3CC(C)(C)CC4=O)s2)cc1. The van der Waals surface area contributed by atoms with Crippen LogP contribution in [0.3, 0.4) is 0 Å². The van der Waals surface area contributed by atoms with Gasteiger partial charge in [-0.15, -0.1) is 10.2 Å². The van der Waals surface area contributed by atoms with Crippen molar-refractivity contribution in [3.63, 3.8) is 0 Å². The third-order valence-electron chi connectivity index (χ3n) is 7.08. The number of hydrogen-bond donors (Lipinski definition) is 1. The van der Waals surface area contributed by atoms with Gasteiger partial charge in [-0.3, -0.25) is 14.5 Å². The van der Waals surface area contributed by atoms with E-state index in [4.69, 9.17) is 10.5 Å². The van der Waals surface area contributed by atoms with Crippen LogP contribution in [0.5, 0.6) is 5.75 Å². The average Bonchev–Trinajstić information content (AvgIpc) is 3.39. The van der Waals surface area contributed by atoms with Crippen molar-refractivity contribution in [2.75, 3.05) is 17.8 Å². The fourth-order valence-corrected chi connectivity index (χ4v) is 7.02. The van der Waals surface area contributed by atoms with Crippen LogP contribution < -0.4 is 15.4 Å². The van der Waals surface area contributed by atoms with E-state index in [1.165, 1.54) is 23.1 Å². The van der Waals surface area contributed by atoms with Gasteiger partial charge in [-0.1, -0.05) is 66.8 Å². The lowest BCUT2D eigenvalue weighted by atomic mass is 9.68. The van der Waals surface area contributed by atoms with Gasteiger partial charge in [0.25, 0.3) is 0 Å². The molecule has 0 spiro atoms. The van der Waals surface area contributed by atoms with Crippen LogP contribution in [0.1, 0.15) is 54.1 Å². The Morgan fingerprint density at radius 3 is 2.65 bits per heavy atom. The summed E-state index contributed by atoms with van der Waals surface area (Å²) in [6, 6.07) is 17.1. The fraction of sp³-hybridized carbons (Fsp3) is 0.300. The lowest BCUT2D eigenvalue weighted by Gasteiger charge is -2.42. The maximum absolute atomic E-state index is 13.7. The second-order valence-electron chi connectivity index (χ2n) is 10.7. The van der Waals surface area contributed by atoms with E-state index >= 15 is 0 Å². The highest BCUT2D eigenvalue weighted by Gasteiger charge is 2.45. The number of ether oxygens (including phenoxy) is 1. The number of Topliss-reactive ketones (excluding diaryl/α,β-unsaturated/α-hetero) is 2. The van der Waals surface area contributed by atoms with Crippen molar-refractivity contribution in [2.45, 2.75) is 43.9 Å². The molecule has 2 aliphatic rings. The number of hydrogen-bond acceptors (Lipinski definition) is 10. The molecule has 204 valence electrons. The maximum atomic E-state index is 13.7. The Morgan fingerprint density at radius 1 is 1.23 bits per heavy atom. The van der Waals surface area contributed by atoms with Crippen LogP contribution >= 0.6 is 23.1 Å². The summed E-state index contributed by atoms with van der Waals surface area (Å²) in [6.45, 7) is 6.10. The van der Waals surface area contributed by atoms with Gasteiger partial charge in [0, 0.05) is 23.3 Å². The number of allylic oxidation sites excluding steroid dienone is 3. The first-order valence-electron chi connectivity index (χ1n) is 12.8. The molecule has 0 radical (unpaired) electrons. The van der Waals surface area contributed by atoms with E-state index in [1.54, 1.807) is 36.3 Å². The average molecular weight is 572 g/mol. The molecule has 2 heterocycles. The molecule has 1 unspecified atom stereocenters. The van der Waals surface area contributed by atoms with Crippen molar-refractivity contribution >= 4 is 39.8 Å². The van der Waals surface area contributed by atoms with Gasteiger partial charge >= 0.3 is 0 Å². The van der Waals surface area contributed by atoms with Crippen LogP contribution in [0, 0.1) is 23.7 Å². The molecule has 1 aliphatic heterocycles. The summed E-state index contributed by atoms with van der Waals surface area (Å²) in [5.74, 6) is 0.546. The highest BCUT2D eigenvalue weighted by atomic mass is 32.2. The molecule has 0 fully saturated rings. The maximum Gasteiger partial charge on any atom is 0.219 e. The summed E-state index contributed by atoms with van der Waals surface area (Å²) < 4.78 is 5.75. The Balaban J connectivity index is 1.49. The molecule has 10 heteroatoms. The quantitative estimate of drug-likeness (QED) is 0.278. The number of rotatable bonds is 7. The zero-order valence-corrected chi connectivity index (χ0v) is 24.4. The van der Waals surface area contributed by atoms with Crippen molar-refractivity contribution in [2.24, 2.45) is 11.1 Å². The van der Waals surface area contributed by atoms with Crippen LogP contribution in [0.15, 0.2) is 75.5 Å². The first kappa shape index (κ1) is 27.6. The number of carbonyl (C=O) groups excluding carboxylic acids is 2. The topological polar surface area (TPSA) is 122 Å². The summed E-state index contributed by atoms with van der Waals surface area (Å²) in [5, 5.41) is 19.4. The Morgan fingerprint density at radius 2 is 1.98 bits per heavy atom. The summed E-state index contributed by atoms with van der Waals surface area (Å²) in [5.41, 5.74) is 10.6. The molecule has 1 atom stereocenters. The van der Waals surface area contributed by atoms with Gasteiger partial charge in [0.05, 0.1) is 30.4 Å². The molecular weight excluding hydrogens is 542 g/mol. The van der Waals surface area contributed by atoms with E-state index in [-0.39, 0.29) is 28.6 Å². The smallest absolute Gasteiger partial charge is 0.219 e. The van der Waals surface area contributed by atoms with Gasteiger partial charge in [0.1, 0.15) is 11.6 Å². The van der Waals surface area contributed by atoms with Gasteiger partial charge in [0.15, 0.2) is 15.9 Å². The van der Waals surface area contributed by atoms with Crippen molar-refractivity contribution in [3.8, 4) is 11.8 Å². The molecule has 0 saturated carbocycles. The van der Waals surface area contributed by atoms with E-state index in [1.807, 2.05) is 31.2 Å². The number of methoxy groups -OCH3 is 1. The van der Waals surface area contributed by atoms with Crippen LogP contribution in [-0.4, -0.2) is 34.6 Å². The monoisotopic (exact) mass is 571 g/mol. The molecule has 8 nitrogen and oxygen atoms in total. The van der Waals surface area contributed by atoms with E-state index in [0.29, 0.717) is 44.8 Å². The number of carbonyl (C=O) groups is 2. The number of nitrogens with two attached hydrogens (primary N) is 1. The minimum absolute atomic E-state index is 0.00667. The molecule has 5 rings (SSSR count). The predicted octanol–water partition coefficient (Wildman–Crippen LogP) is 5.77. The predicted molar refractivity (Wildman–Crippen MR) is 156 cm³/mol. The molecular formula is C30H29N5O3S2. The van der Waals surface area contributed by atoms with Crippen molar-refractivity contribution in [3.05, 3.63) is 87.9 Å². The largest absolute Gasteiger partial charge is 0.497 e. The number of nitriles is 1. The minimum Gasteiger partial charge on any atom is -0.497 e. The van der Waals surface area contributed by atoms with Crippen LogP contribution in [0.25, 0.3) is 0 Å². The molecule has 2 N–H and O–H groups in total. The second-order valence-corrected chi connectivity index (χ2v) is 12.9. The standard InChI is InChI=1S/C30H29N5O3S2/c1-17-6-5-7-19(12-17)25-21(15-31)27(32)35(22-13-30(2,3)14-23(36)26(22)25)28-33-34-29(40-28)39-16-24(37)18-8-10-20(38-4)11-9-18/h5-12,25H,13-14,16,32H2,1-4H3. The lowest BCUT2D eigenvalue weighted by molar-refractivity contribution is -0.118. The lowest BCUT2D eigenvalue weighted by Crippen LogP contribution is -2.42. The summed E-state index contributed by atoms with van der Waals surface area (Å²) in [7, 11) is 1.58. The van der Waals surface area contributed by atoms with E-state index in [9.17, 15) is 14.9 Å². The number of thioether (sulfide) groups is 1. The zero-order chi connectivity index (χ0) is 28.6. The highest BCUT2D eigenvalue weighted by molar-refractivity contribution is 8.01. The van der Waals surface area contributed by atoms with Crippen molar-refractivity contribution < 1.29 is 14.3 Å². The normalized spacial score (nSPS) is 18.4. The van der Waals surface area contributed by atoms with Gasteiger partial charge in [-0.2, -0.15) is 5.26 Å².